The summed E-state index contributed by atoms with van der Waals surface area (Å²) in [6, 6.07) is 24.3. The Kier molecular flexibility index (Phi) is 5.76. The maximum atomic E-state index is 14.3. The van der Waals surface area contributed by atoms with Crippen LogP contribution in [0.3, 0.4) is 0 Å². The lowest BCUT2D eigenvalue weighted by Crippen LogP contribution is -2.62. The van der Waals surface area contributed by atoms with E-state index in [1.165, 1.54) is 4.90 Å². The highest BCUT2D eigenvalue weighted by molar-refractivity contribution is 6.16. The molecule has 2 aliphatic rings. The number of likely N-dealkylation sites (N-methyl/N-ethyl adjacent to an activating group) is 1. The average molecular weight is 469 g/mol. The number of hydrogen-bond donors (Lipinski definition) is 1. The highest BCUT2D eigenvalue weighted by atomic mass is 16.2. The number of nitrogens with one attached hydrogen (secondary N) is 1. The van der Waals surface area contributed by atoms with Crippen LogP contribution in [-0.4, -0.2) is 47.2 Å². The molecule has 0 saturated carbocycles. The lowest BCUT2D eigenvalue weighted by atomic mass is 9.92. The predicted molar refractivity (Wildman–Crippen MR) is 135 cm³/mol. The normalized spacial score (nSPS) is 18.3. The third kappa shape index (κ3) is 3.55. The number of carbonyl (C=O) groups excluding carboxylic acids is 3. The van der Waals surface area contributed by atoms with Gasteiger partial charge < -0.3 is 10.2 Å². The molecule has 1 spiro atoms. The Morgan fingerprint density at radius 3 is 2.29 bits per heavy atom. The maximum absolute atomic E-state index is 14.3. The third-order valence-corrected chi connectivity index (χ3v) is 6.86. The lowest BCUT2D eigenvalue weighted by Gasteiger charge is -2.45. The quantitative estimate of drug-likeness (QED) is 0.597. The summed E-state index contributed by atoms with van der Waals surface area (Å²) < 4.78 is 0. The van der Waals surface area contributed by atoms with Crippen molar-refractivity contribution in [3.63, 3.8) is 0 Å². The second kappa shape index (κ2) is 8.91. The van der Waals surface area contributed by atoms with E-state index in [-0.39, 0.29) is 30.8 Å². The van der Waals surface area contributed by atoms with Gasteiger partial charge in [0.15, 0.2) is 0 Å². The molecule has 3 amide bonds. The van der Waals surface area contributed by atoms with E-state index in [4.69, 9.17) is 0 Å². The van der Waals surface area contributed by atoms with Crippen molar-refractivity contribution >= 4 is 29.1 Å². The first kappa shape index (κ1) is 22.7. The van der Waals surface area contributed by atoms with Crippen molar-refractivity contribution in [2.75, 3.05) is 29.9 Å². The minimum atomic E-state index is -1.46. The fourth-order valence-corrected chi connectivity index (χ4v) is 5.08. The molecular formula is C28H28N4O3. The molecule has 0 aromatic heterocycles. The Hall–Kier alpha value is -4.13. The van der Waals surface area contributed by atoms with Gasteiger partial charge in [0.1, 0.15) is 6.54 Å². The average Bonchev–Trinajstić information content (AvgIpc) is 3.11. The predicted octanol–water partition coefficient (Wildman–Crippen LogP) is 3.82. The van der Waals surface area contributed by atoms with Gasteiger partial charge in [-0.05, 0) is 37.6 Å². The van der Waals surface area contributed by atoms with Gasteiger partial charge in [0.05, 0.1) is 11.3 Å². The van der Waals surface area contributed by atoms with Gasteiger partial charge in [-0.15, -0.1) is 0 Å². The molecule has 1 N–H and O–H groups in total. The SMILES string of the molecule is CCN(CC)C(=O)CN1C(=O)[C@]2(Nc3ccccc3C(=O)N2Cc2ccccc2)c2ccccc21. The fourth-order valence-electron chi connectivity index (χ4n) is 5.08. The van der Waals surface area contributed by atoms with Crippen LogP contribution in [0.25, 0.3) is 0 Å². The van der Waals surface area contributed by atoms with Crippen LogP contribution in [0.15, 0.2) is 78.9 Å². The number of nitrogens with zero attached hydrogens (tertiary/aromatic N) is 3. The Bertz CT molecular complexity index is 1290. The van der Waals surface area contributed by atoms with Crippen LogP contribution >= 0.6 is 0 Å². The molecule has 2 aliphatic heterocycles. The Morgan fingerprint density at radius 2 is 1.54 bits per heavy atom. The highest BCUT2D eigenvalue weighted by Crippen LogP contribution is 2.48. The van der Waals surface area contributed by atoms with Gasteiger partial charge in [0.2, 0.25) is 11.6 Å². The standard InChI is InChI=1S/C28H28N4O3/c1-3-30(4-2)25(33)19-31-24-17-11-9-15-22(24)28(27(31)35)29-23-16-10-8-14-21(23)26(34)32(28)18-20-12-6-5-7-13-20/h5-17,29H,3-4,18-19H2,1-2H3/t28-/m0/s1. The van der Waals surface area contributed by atoms with Crippen LogP contribution in [0.4, 0.5) is 11.4 Å². The number of amides is 3. The zero-order valence-electron chi connectivity index (χ0n) is 19.9. The topological polar surface area (TPSA) is 73.0 Å². The summed E-state index contributed by atoms with van der Waals surface area (Å²) in [7, 11) is 0. The molecule has 2 heterocycles. The number of hydrogen-bond acceptors (Lipinski definition) is 4. The summed E-state index contributed by atoms with van der Waals surface area (Å²) in [5.74, 6) is -0.700. The minimum Gasteiger partial charge on any atom is -0.350 e. The van der Waals surface area contributed by atoms with Crippen molar-refractivity contribution in [1.82, 2.24) is 9.80 Å². The van der Waals surface area contributed by atoms with Crippen LogP contribution in [0.1, 0.15) is 35.3 Å². The van der Waals surface area contributed by atoms with E-state index in [1.807, 2.05) is 86.6 Å². The van der Waals surface area contributed by atoms with Crippen molar-refractivity contribution < 1.29 is 14.4 Å². The molecule has 0 unspecified atom stereocenters. The zero-order chi connectivity index (χ0) is 24.6. The summed E-state index contributed by atoms with van der Waals surface area (Å²) in [4.78, 5) is 46.1. The van der Waals surface area contributed by atoms with Gasteiger partial charge in [-0.2, -0.15) is 0 Å². The zero-order valence-corrected chi connectivity index (χ0v) is 19.9. The van der Waals surface area contributed by atoms with E-state index < -0.39 is 5.66 Å². The monoisotopic (exact) mass is 468 g/mol. The summed E-state index contributed by atoms with van der Waals surface area (Å²) in [5, 5.41) is 3.43. The molecule has 0 fully saturated rings. The van der Waals surface area contributed by atoms with Crippen molar-refractivity contribution in [3.05, 3.63) is 95.6 Å². The highest BCUT2D eigenvalue weighted by Gasteiger charge is 2.59. The number of rotatable bonds is 6. The smallest absolute Gasteiger partial charge is 0.279 e. The molecule has 178 valence electrons. The second-order valence-corrected chi connectivity index (χ2v) is 8.73. The van der Waals surface area contributed by atoms with Crippen LogP contribution in [0.2, 0.25) is 0 Å². The van der Waals surface area contributed by atoms with Gasteiger partial charge in [-0.25, -0.2) is 0 Å². The Balaban J connectivity index is 1.65. The number of carbonyl (C=O) groups is 3. The van der Waals surface area contributed by atoms with Crippen LogP contribution in [0, 0.1) is 0 Å². The summed E-state index contributed by atoms with van der Waals surface area (Å²) >= 11 is 0. The lowest BCUT2D eigenvalue weighted by molar-refractivity contribution is -0.133. The van der Waals surface area contributed by atoms with Gasteiger partial charge in [0.25, 0.3) is 11.8 Å². The molecule has 0 radical (unpaired) electrons. The molecular weight excluding hydrogens is 440 g/mol. The fraction of sp³-hybridized carbons (Fsp3) is 0.250. The van der Waals surface area contributed by atoms with E-state index in [9.17, 15) is 14.4 Å². The third-order valence-electron chi connectivity index (χ3n) is 6.86. The van der Waals surface area contributed by atoms with Gasteiger partial charge in [0, 0.05) is 30.9 Å². The molecule has 7 heteroatoms. The molecule has 35 heavy (non-hydrogen) atoms. The van der Waals surface area contributed by atoms with Crippen LogP contribution < -0.4 is 10.2 Å². The summed E-state index contributed by atoms with van der Waals surface area (Å²) in [5.41, 5.74) is 1.86. The summed E-state index contributed by atoms with van der Waals surface area (Å²) in [6.07, 6.45) is 0. The maximum Gasteiger partial charge on any atom is 0.279 e. The van der Waals surface area contributed by atoms with Crippen LogP contribution in [0.5, 0.6) is 0 Å². The van der Waals surface area contributed by atoms with E-state index in [1.54, 1.807) is 15.9 Å². The second-order valence-electron chi connectivity index (χ2n) is 8.73. The molecule has 1 atom stereocenters. The van der Waals surface area contributed by atoms with Crippen molar-refractivity contribution in [3.8, 4) is 0 Å². The molecule has 7 nitrogen and oxygen atoms in total. The number of benzene rings is 3. The van der Waals surface area contributed by atoms with Crippen molar-refractivity contribution in [1.29, 1.82) is 0 Å². The first-order valence-corrected chi connectivity index (χ1v) is 11.9. The van der Waals surface area contributed by atoms with E-state index in [2.05, 4.69) is 5.32 Å². The van der Waals surface area contributed by atoms with Gasteiger partial charge in [-0.3, -0.25) is 24.2 Å². The Labute approximate surface area is 204 Å². The largest absolute Gasteiger partial charge is 0.350 e. The number of fused-ring (bicyclic) bond motifs is 3. The van der Waals surface area contributed by atoms with E-state index >= 15 is 0 Å². The first-order chi connectivity index (χ1) is 17.0. The van der Waals surface area contributed by atoms with Crippen LogP contribution in [-0.2, 0) is 21.8 Å². The van der Waals surface area contributed by atoms with Crippen molar-refractivity contribution in [2.24, 2.45) is 0 Å². The minimum absolute atomic E-state index is 0.0873. The van der Waals surface area contributed by atoms with Crippen molar-refractivity contribution in [2.45, 2.75) is 26.1 Å². The van der Waals surface area contributed by atoms with Gasteiger partial charge in [-0.1, -0.05) is 60.7 Å². The van der Waals surface area contributed by atoms with E-state index in [0.29, 0.717) is 35.6 Å². The number of para-hydroxylation sites is 2. The molecule has 3 aromatic rings. The van der Waals surface area contributed by atoms with Gasteiger partial charge >= 0.3 is 0 Å². The first-order valence-electron chi connectivity index (χ1n) is 11.9. The Morgan fingerprint density at radius 1 is 0.886 bits per heavy atom. The van der Waals surface area contributed by atoms with E-state index in [0.717, 1.165) is 5.56 Å². The molecule has 0 bridgehead atoms. The molecule has 5 rings (SSSR count). The summed E-state index contributed by atoms with van der Waals surface area (Å²) in [6.45, 7) is 5.11. The molecule has 3 aromatic carbocycles. The molecule has 0 aliphatic carbocycles. The number of anilines is 2. The molecule has 0 saturated heterocycles.